The molecule has 0 bridgehead atoms. The van der Waals surface area contributed by atoms with Crippen LogP contribution >= 0.6 is 0 Å². The Bertz CT molecular complexity index is 481. The smallest absolute Gasteiger partial charge is 0.0982 e. The maximum atomic E-state index is 10.2. The molecule has 2 aromatic rings. The standard InChI is InChI=1S/C15H17NO/c1-11-6-5-9-13(10-11)15(17)14(16)12-7-3-2-4-8-12/h2-10,14-15,17H,16H2,1H3/t14-,15?/m1/s1. The number of aliphatic hydroxyl groups excluding tert-OH is 1. The van der Waals surface area contributed by atoms with Crippen molar-refractivity contribution in [3.8, 4) is 0 Å². The van der Waals surface area contributed by atoms with Crippen LogP contribution in [0.2, 0.25) is 0 Å². The van der Waals surface area contributed by atoms with Gasteiger partial charge in [-0.05, 0) is 18.1 Å². The zero-order valence-electron chi connectivity index (χ0n) is 9.88. The lowest BCUT2D eigenvalue weighted by Crippen LogP contribution is -2.19. The monoisotopic (exact) mass is 227 g/mol. The molecule has 0 aliphatic heterocycles. The molecule has 3 N–H and O–H groups in total. The fourth-order valence-electron chi connectivity index (χ4n) is 1.92. The highest BCUT2D eigenvalue weighted by Crippen LogP contribution is 2.26. The lowest BCUT2D eigenvalue weighted by Gasteiger charge is -2.19. The van der Waals surface area contributed by atoms with Crippen LogP contribution in [0.4, 0.5) is 0 Å². The normalized spacial score (nSPS) is 14.3. The van der Waals surface area contributed by atoms with E-state index in [4.69, 9.17) is 5.73 Å². The third kappa shape index (κ3) is 2.73. The molecule has 2 rings (SSSR count). The van der Waals surface area contributed by atoms with E-state index in [1.165, 1.54) is 0 Å². The highest BCUT2D eigenvalue weighted by Gasteiger charge is 2.18. The van der Waals surface area contributed by atoms with E-state index >= 15 is 0 Å². The molecule has 0 saturated carbocycles. The molecule has 0 fully saturated rings. The van der Waals surface area contributed by atoms with Crippen molar-refractivity contribution in [1.29, 1.82) is 0 Å². The van der Waals surface area contributed by atoms with Crippen LogP contribution in [-0.4, -0.2) is 5.11 Å². The average molecular weight is 227 g/mol. The Morgan fingerprint density at radius 2 is 1.59 bits per heavy atom. The summed E-state index contributed by atoms with van der Waals surface area (Å²) in [5.74, 6) is 0. The second-order valence-corrected chi connectivity index (χ2v) is 4.30. The summed E-state index contributed by atoms with van der Waals surface area (Å²) in [4.78, 5) is 0. The molecule has 0 aliphatic rings. The van der Waals surface area contributed by atoms with E-state index in [0.29, 0.717) is 0 Å². The number of aryl methyl sites for hydroxylation is 1. The molecule has 0 aromatic heterocycles. The highest BCUT2D eigenvalue weighted by molar-refractivity contribution is 5.28. The van der Waals surface area contributed by atoms with Gasteiger partial charge >= 0.3 is 0 Å². The van der Waals surface area contributed by atoms with Crippen LogP contribution in [-0.2, 0) is 0 Å². The van der Waals surface area contributed by atoms with Crippen LogP contribution in [0.25, 0.3) is 0 Å². The molecule has 0 spiro atoms. The van der Waals surface area contributed by atoms with E-state index in [-0.39, 0.29) is 0 Å². The van der Waals surface area contributed by atoms with E-state index in [1.54, 1.807) is 0 Å². The van der Waals surface area contributed by atoms with E-state index < -0.39 is 12.1 Å². The van der Waals surface area contributed by atoms with E-state index in [2.05, 4.69) is 0 Å². The fraction of sp³-hybridized carbons (Fsp3) is 0.200. The number of hydrogen-bond acceptors (Lipinski definition) is 2. The summed E-state index contributed by atoms with van der Waals surface area (Å²) >= 11 is 0. The Hall–Kier alpha value is -1.64. The van der Waals surface area contributed by atoms with Crippen molar-refractivity contribution in [1.82, 2.24) is 0 Å². The molecule has 2 aromatic carbocycles. The Labute approximate surface area is 102 Å². The minimum atomic E-state index is -0.669. The van der Waals surface area contributed by atoms with Gasteiger partial charge in [-0.15, -0.1) is 0 Å². The van der Waals surface area contributed by atoms with Crippen LogP contribution in [0.3, 0.4) is 0 Å². The van der Waals surface area contributed by atoms with Gasteiger partial charge in [-0.2, -0.15) is 0 Å². The van der Waals surface area contributed by atoms with Crippen molar-refractivity contribution in [2.75, 3.05) is 0 Å². The molecular weight excluding hydrogens is 210 g/mol. The maximum Gasteiger partial charge on any atom is 0.0982 e. The Kier molecular flexibility index (Phi) is 3.57. The Balaban J connectivity index is 2.23. The number of rotatable bonds is 3. The summed E-state index contributed by atoms with van der Waals surface area (Å²) < 4.78 is 0. The molecular formula is C15H17NO. The lowest BCUT2D eigenvalue weighted by molar-refractivity contribution is 0.147. The predicted molar refractivity (Wildman–Crippen MR) is 69.5 cm³/mol. The lowest BCUT2D eigenvalue weighted by atomic mass is 9.96. The molecule has 2 heteroatoms. The number of aliphatic hydroxyl groups is 1. The van der Waals surface area contributed by atoms with Crippen molar-refractivity contribution in [2.45, 2.75) is 19.1 Å². The molecule has 2 atom stereocenters. The number of nitrogens with two attached hydrogens (primary N) is 1. The minimum absolute atomic E-state index is 0.391. The first-order valence-electron chi connectivity index (χ1n) is 5.73. The largest absolute Gasteiger partial charge is 0.386 e. The third-order valence-corrected chi connectivity index (χ3v) is 2.91. The van der Waals surface area contributed by atoms with Gasteiger partial charge in [0.1, 0.15) is 0 Å². The van der Waals surface area contributed by atoms with Crippen molar-refractivity contribution >= 4 is 0 Å². The minimum Gasteiger partial charge on any atom is -0.386 e. The quantitative estimate of drug-likeness (QED) is 0.847. The third-order valence-electron chi connectivity index (χ3n) is 2.91. The average Bonchev–Trinajstić information content (AvgIpc) is 2.38. The van der Waals surface area contributed by atoms with Crippen molar-refractivity contribution in [2.24, 2.45) is 5.73 Å². The van der Waals surface area contributed by atoms with Gasteiger partial charge in [-0.3, -0.25) is 0 Å². The zero-order valence-corrected chi connectivity index (χ0v) is 9.88. The topological polar surface area (TPSA) is 46.2 Å². The summed E-state index contributed by atoms with van der Waals surface area (Å²) in [6.45, 7) is 2.00. The van der Waals surface area contributed by atoms with Gasteiger partial charge in [0, 0.05) is 0 Å². The second-order valence-electron chi connectivity index (χ2n) is 4.30. The molecule has 88 valence electrons. The second kappa shape index (κ2) is 5.13. The SMILES string of the molecule is Cc1cccc(C(O)[C@H](N)c2ccccc2)c1. The maximum absolute atomic E-state index is 10.2. The van der Waals surface area contributed by atoms with Crippen LogP contribution in [0, 0.1) is 6.92 Å². The predicted octanol–water partition coefficient (Wildman–Crippen LogP) is 2.73. The Morgan fingerprint density at radius 1 is 0.941 bits per heavy atom. The van der Waals surface area contributed by atoms with Gasteiger partial charge in [-0.1, -0.05) is 60.2 Å². The number of hydrogen-bond donors (Lipinski definition) is 2. The summed E-state index contributed by atoms with van der Waals surface area (Å²) in [5, 5.41) is 10.2. The fourth-order valence-corrected chi connectivity index (χ4v) is 1.92. The van der Waals surface area contributed by atoms with E-state index in [0.717, 1.165) is 16.7 Å². The summed E-state index contributed by atoms with van der Waals surface area (Å²) in [5.41, 5.74) is 9.01. The van der Waals surface area contributed by atoms with Crippen molar-refractivity contribution < 1.29 is 5.11 Å². The molecule has 0 heterocycles. The summed E-state index contributed by atoms with van der Waals surface area (Å²) in [6.07, 6.45) is -0.669. The van der Waals surface area contributed by atoms with Gasteiger partial charge in [0.05, 0.1) is 12.1 Å². The summed E-state index contributed by atoms with van der Waals surface area (Å²) in [7, 11) is 0. The first kappa shape index (κ1) is 11.8. The first-order valence-corrected chi connectivity index (χ1v) is 5.73. The van der Waals surface area contributed by atoms with Crippen LogP contribution in [0.5, 0.6) is 0 Å². The summed E-state index contributed by atoms with van der Waals surface area (Å²) in [6, 6.07) is 17.1. The molecule has 17 heavy (non-hydrogen) atoms. The van der Waals surface area contributed by atoms with Gasteiger partial charge in [0.15, 0.2) is 0 Å². The van der Waals surface area contributed by atoms with Gasteiger partial charge in [-0.25, -0.2) is 0 Å². The molecule has 1 unspecified atom stereocenters. The highest BCUT2D eigenvalue weighted by atomic mass is 16.3. The van der Waals surface area contributed by atoms with Crippen LogP contribution < -0.4 is 5.73 Å². The van der Waals surface area contributed by atoms with Gasteiger partial charge < -0.3 is 10.8 Å². The molecule has 0 radical (unpaired) electrons. The molecule has 0 saturated heterocycles. The van der Waals surface area contributed by atoms with Crippen LogP contribution in [0.1, 0.15) is 28.8 Å². The zero-order chi connectivity index (χ0) is 12.3. The van der Waals surface area contributed by atoms with E-state index in [1.807, 2.05) is 61.5 Å². The van der Waals surface area contributed by atoms with E-state index in [9.17, 15) is 5.11 Å². The Morgan fingerprint density at radius 3 is 2.24 bits per heavy atom. The van der Waals surface area contributed by atoms with Crippen LogP contribution in [0.15, 0.2) is 54.6 Å². The molecule has 0 aliphatic carbocycles. The molecule has 0 amide bonds. The number of benzene rings is 2. The van der Waals surface area contributed by atoms with Crippen molar-refractivity contribution in [3.63, 3.8) is 0 Å². The molecule has 2 nitrogen and oxygen atoms in total. The van der Waals surface area contributed by atoms with Gasteiger partial charge in [0.25, 0.3) is 0 Å². The van der Waals surface area contributed by atoms with Gasteiger partial charge in [0.2, 0.25) is 0 Å². The van der Waals surface area contributed by atoms with Crippen molar-refractivity contribution in [3.05, 3.63) is 71.3 Å². The first-order chi connectivity index (χ1) is 8.18.